The molecular weight excluding hydrogens is 537 g/mol. The first-order valence-corrected chi connectivity index (χ1v) is 11.7. The van der Waals surface area contributed by atoms with Gasteiger partial charge in [-0.15, -0.1) is 0 Å². The number of carbonyl (C=O) groups is 2. The second-order valence-electron chi connectivity index (χ2n) is 6.79. The third-order valence-electron chi connectivity index (χ3n) is 4.30. The molecule has 0 atom stereocenters. The van der Waals surface area contributed by atoms with E-state index in [2.05, 4.69) is 22.6 Å². The van der Waals surface area contributed by atoms with Gasteiger partial charge >= 0.3 is 0 Å². The lowest BCUT2D eigenvalue weighted by Gasteiger charge is -2.16. The quantitative estimate of drug-likeness (QED) is 0.293. The second kappa shape index (κ2) is 10.1. The number of ether oxygens (including phenoxy) is 2. The summed E-state index contributed by atoms with van der Waals surface area (Å²) in [6, 6.07) is 11.0. The van der Waals surface area contributed by atoms with Crippen LogP contribution in [0.3, 0.4) is 0 Å². The number of amides is 2. The lowest BCUT2D eigenvalue weighted by atomic mass is 10.1. The Labute approximate surface area is 198 Å². The zero-order valence-corrected chi connectivity index (χ0v) is 20.5. The minimum absolute atomic E-state index is 0.178. The first-order valence-electron chi connectivity index (χ1n) is 9.41. The highest BCUT2D eigenvalue weighted by molar-refractivity contribution is 14.1. The summed E-state index contributed by atoms with van der Waals surface area (Å²) < 4.78 is 12.6. The van der Waals surface area contributed by atoms with Crippen LogP contribution < -0.4 is 9.47 Å². The zero-order valence-electron chi connectivity index (χ0n) is 16.8. The van der Waals surface area contributed by atoms with E-state index in [9.17, 15) is 9.59 Å². The molecule has 1 aliphatic heterocycles. The van der Waals surface area contributed by atoms with Gasteiger partial charge in [0.15, 0.2) is 11.5 Å². The first kappa shape index (κ1) is 23.0. The van der Waals surface area contributed by atoms with Gasteiger partial charge in [0.05, 0.1) is 15.1 Å². The molecule has 2 aromatic rings. The number of hydrogen-bond donors (Lipinski definition) is 0. The normalized spacial score (nSPS) is 15.4. The van der Waals surface area contributed by atoms with Gasteiger partial charge in [-0.2, -0.15) is 0 Å². The van der Waals surface area contributed by atoms with Crippen LogP contribution in [0.1, 0.15) is 31.9 Å². The number of halogens is 2. The Balaban J connectivity index is 1.89. The molecule has 0 radical (unpaired) electrons. The number of benzene rings is 2. The summed E-state index contributed by atoms with van der Waals surface area (Å²) in [5.41, 5.74) is 1.64. The number of carbonyl (C=O) groups excluding carboxylic acids is 2. The first-order chi connectivity index (χ1) is 14.3. The van der Waals surface area contributed by atoms with Crippen LogP contribution in [-0.4, -0.2) is 28.7 Å². The third-order valence-corrected chi connectivity index (χ3v) is 6.35. The summed E-state index contributed by atoms with van der Waals surface area (Å²) in [6.45, 7) is 6.31. The number of thioether (sulfide) groups is 1. The molecule has 0 saturated carbocycles. The van der Waals surface area contributed by atoms with Crippen LogP contribution in [0.5, 0.6) is 11.5 Å². The Morgan fingerprint density at radius 3 is 2.57 bits per heavy atom. The van der Waals surface area contributed by atoms with Crippen molar-refractivity contribution in [2.75, 3.05) is 6.61 Å². The topological polar surface area (TPSA) is 55.8 Å². The molecule has 0 unspecified atom stereocenters. The number of nitrogens with zero attached hydrogens (tertiary/aromatic N) is 1. The fourth-order valence-electron chi connectivity index (χ4n) is 2.92. The molecule has 1 saturated heterocycles. The van der Waals surface area contributed by atoms with Crippen LogP contribution in [-0.2, 0) is 11.4 Å². The largest absolute Gasteiger partial charge is 0.490 e. The van der Waals surface area contributed by atoms with E-state index in [0.717, 1.165) is 26.5 Å². The maximum atomic E-state index is 12.6. The second-order valence-corrected chi connectivity index (χ2v) is 9.35. The molecule has 3 rings (SSSR count). The van der Waals surface area contributed by atoms with E-state index in [4.69, 9.17) is 21.1 Å². The fourth-order valence-corrected chi connectivity index (χ4v) is 4.85. The molecule has 0 N–H and O–H groups in total. The minimum atomic E-state index is -0.271. The van der Waals surface area contributed by atoms with E-state index >= 15 is 0 Å². The van der Waals surface area contributed by atoms with Gasteiger partial charge < -0.3 is 9.47 Å². The molecule has 0 aromatic heterocycles. The zero-order chi connectivity index (χ0) is 21.8. The van der Waals surface area contributed by atoms with Crippen molar-refractivity contribution in [2.45, 2.75) is 33.4 Å². The van der Waals surface area contributed by atoms with Crippen molar-refractivity contribution in [2.24, 2.45) is 0 Å². The van der Waals surface area contributed by atoms with Gasteiger partial charge in [-0.3, -0.25) is 14.5 Å². The lowest BCUT2D eigenvalue weighted by Crippen LogP contribution is -2.34. The van der Waals surface area contributed by atoms with Crippen LogP contribution >= 0.6 is 46.0 Å². The summed E-state index contributed by atoms with van der Waals surface area (Å²) in [7, 11) is 0. The molecule has 2 aromatic carbocycles. The molecule has 5 nitrogen and oxygen atoms in total. The molecule has 158 valence electrons. The number of imide groups is 1. The highest BCUT2D eigenvalue weighted by atomic mass is 127. The highest BCUT2D eigenvalue weighted by Crippen LogP contribution is 2.38. The Morgan fingerprint density at radius 2 is 1.93 bits per heavy atom. The van der Waals surface area contributed by atoms with Gasteiger partial charge in [0.1, 0.15) is 6.61 Å². The van der Waals surface area contributed by atoms with Crippen molar-refractivity contribution in [3.05, 3.63) is 61.0 Å². The molecular formula is C22H21ClINO4S. The third kappa shape index (κ3) is 5.12. The molecule has 0 spiro atoms. The molecule has 0 aliphatic carbocycles. The maximum absolute atomic E-state index is 12.6. The van der Waals surface area contributed by atoms with Crippen molar-refractivity contribution in [1.29, 1.82) is 0 Å². The summed E-state index contributed by atoms with van der Waals surface area (Å²) in [5.74, 6) is 0.919. The van der Waals surface area contributed by atoms with Gasteiger partial charge in [-0.05, 0) is 85.0 Å². The molecule has 2 amide bonds. The van der Waals surface area contributed by atoms with Crippen LogP contribution in [0.25, 0.3) is 6.08 Å². The van der Waals surface area contributed by atoms with E-state index in [1.165, 1.54) is 4.90 Å². The Bertz CT molecular complexity index is 1010. The number of hydrogen-bond acceptors (Lipinski definition) is 5. The van der Waals surface area contributed by atoms with E-state index in [1.54, 1.807) is 6.08 Å². The lowest BCUT2D eigenvalue weighted by molar-refractivity contribution is -0.123. The molecule has 1 aliphatic rings. The van der Waals surface area contributed by atoms with Gasteiger partial charge in [0.25, 0.3) is 11.1 Å². The predicted molar refractivity (Wildman–Crippen MR) is 129 cm³/mol. The van der Waals surface area contributed by atoms with Crippen molar-refractivity contribution < 1.29 is 19.1 Å². The van der Waals surface area contributed by atoms with Crippen LogP contribution in [0.4, 0.5) is 4.79 Å². The van der Waals surface area contributed by atoms with Crippen molar-refractivity contribution >= 4 is 63.2 Å². The van der Waals surface area contributed by atoms with Crippen molar-refractivity contribution in [1.82, 2.24) is 4.90 Å². The summed E-state index contributed by atoms with van der Waals surface area (Å²) in [5, 5.41) is 0.392. The van der Waals surface area contributed by atoms with Crippen molar-refractivity contribution in [3.63, 3.8) is 0 Å². The standard InChI is InChI=1S/C22H21ClINO4S/c1-4-28-18-10-14(11-19-21(26)25(13(2)3)22(27)30-19)9-17(24)20(18)29-12-15-7-5-6-8-16(15)23/h5-11,13H,4,12H2,1-3H3/b19-11+. The number of rotatable bonds is 7. The van der Waals surface area contributed by atoms with Crippen LogP contribution in [0, 0.1) is 3.57 Å². The molecule has 8 heteroatoms. The monoisotopic (exact) mass is 557 g/mol. The highest BCUT2D eigenvalue weighted by Gasteiger charge is 2.36. The molecule has 30 heavy (non-hydrogen) atoms. The average Bonchev–Trinajstić information content (AvgIpc) is 2.96. The van der Waals surface area contributed by atoms with Gasteiger partial charge in [0, 0.05) is 16.6 Å². The van der Waals surface area contributed by atoms with E-state index in [-0.39, 0.29) is 17.2 Å². The van der Waals surface area contributed by atoms with E-state index in [0.29, 0.717) is 34.6 Å². The SMILES string of the molecule is CCOc1cc(/C=C2/SC(=O)N(C(C)C)C2=O)cc(I)c1OCc1ccccc1Cl. The smallest absolute Gasteiger partial charge is 0.293 e. The van der Waals surface area contributed by atoms with E-state index in [1.807, 2.05) is 57.2 Å². The molecule has 1 heterocycles. The van der Waals surface area contributed by atoms with Crippen molar-refractivity contribution in [3.8, 4) is 11.5 Å². The van der Waals surface area contributed by atoms with Gasteiger partial charge in [-0.1, -0.05) is 29.8 Å². The minimum Gasteiger partial charge on any atom is -0.490 e. The Kier molecular flexibility index (Phi) is 7.70. The van der Waals surface area contributed by atoms with E-state index < -0.39 is 0 Å². The van der Waals surface area contributed by atoms with Gasteiger partial charge in [0.2, 0.25) is 0 Å². The molecule has 0 bridgehead atoms. The summed E-state index contributed by atoms with van der Waals surface area (Å²) in [6.07, 6.45) is 1.72. The summed E-state index contributed by atoms with van der Waals surface area (Å²) in [4.78, 5) is 26.4. The maximum Gasteiger partial charge on any atom is 0.293 e. The van der Waals surface area contributed by atoms with Crippen LogP contribution in [0.2, 0.25) is 5.02 Å². The van der Waals surface area contributed by atoms with Crippen LogP contribution in [0.15, 0.2) is 41.3 Å². The van der Waals surface area contributed by atoms with Gasteiger partial charge in [-0.25, -0.2) is 0 Å². The predicted octanol–water partition coefficient (Wildman–Crippen LogP) is 6.37. The molecule has 1 fully saturated rings. The Hall–Kier alpha value is -1.71. The average molecular weight is 558 g/mol. The Morgan fingerprint density at radius 1 is 1.20 bits per heavy atom. The fraction of sp³-hybridized carbons (Fsp3) is 0.273. The summed E-state index contributed by atoms with van der Waals surface area (Å²) >= 11 is 9.35.